The normalized spacial score (nSPS) is 15.7. The number of sulfone groups is 1. The summed E-state index contributed by atoms with van der Waals surface area (Å²) in [5, 5.41) is 8.28. The van der Waals surface area contributed by atoms with Crippen LogP contribution in [0.3, 0.4) is 0 Å². The predicted molar refractivity (Wildman–Crippen MR) is 116 cm³/mol. The predicted octanol–water partition coefficient (Wildman–Crippen LogP) is 3.40. The van der Waals surface area contributed by atoms with Gasteiger partial charge in [-0.25, -0.2) is 8.42 Å². The Labute approximate surface area is 180 Å². The topological polar surface area (TPSA) is 118 Å². The van der Waals surface area contributed by atoms with Gasteiger partial charge in [0.2, 0.25) is 11.8 Å². The summed E-state index contributed by atoms with van der Waals surface area (Å²) in [4.78, 5) is 24.6. The van der Waals surface area contributed by atoms with E-state index in [4.69, 9.17) is 4.52 Å². The molecule has 2 amide bonds. The molecule has 30 heavy (non-hydrogen) atoms. The van der Waals surface area contributed by atoms with Gasteiger partial charge in [-0.1, -0.05) is 18.0 Å². The van der Waals surface area contributed by atoms with Crippen LogP contribution < -0.4 is 10.6 Å². The van der Waals surface area contributed by atoms with Gasteiger partial charge in [-0.15, -0.1) is 11.8 Å². The van der Waals surface area contributed by atoms with Crippen LogP contribution in [0.4, 0.5) is 11.5 Å². The maximum atomic E-state index is 12.6. The van der Waals surface area contributed by atoms with Gasteiger partial charge in [0, 0.05) is 11.8 Å². The second-order valence-electron chi connectivity index (χ2n) is 7.29. The first kappa shape index (κ1) is 22.4. The molecule has 8 nitrogen and oxygen atoms in total. The van der Waals surface area contributed by atoms with Gasteiger partial charge in [0.25, 0.3) is 0 Å². The number of carbonyl (C=O) groups excluding carboxylic acids is 2. The Morgan fingerprint density at radius 2 is 1.87 bits per heavy atom. The summed E-state index contributed by atoms with van der Waals surface area (Å²) < 4.78 is 30.1. The molecule has 0 aliphatic heterocycles. The number of carbonyl (C=O) groups is 2. The van der Waals surface area contributed by atoms with Crippen LogP contribution in [0.5, 0.6) is 0 Å². The van der Waals surface area contributed by atoms with Crippen LogP contribution in [0.1, 0.15) is 38.4 Å². The number of hydrogen-bond acceptors (Lipinski definition) is 7. The molecular weight excluding hydrogens is 426 g/mol. The van der Waals surface area contributed by atoms with E-state index in [2.05, 4.69) is 15.8 Å². The highest BCUT2D eigenvalue weighted by molar-refractivity contribution is 8.01. The van der Waals surface area contributed by atoms with Crippen LogP contribution in [0.25, 0.3) is 0 Å². The fourth-order valence-corrected chi connectivity index (χ4v) is 5.78. The Kier molecular flexibility index (Phi) is 7.19. The molecule has 1 unspecified atom stereocenters. The second-order valence-corrected chi connectivity index (χ2v) is 10.8. The van der Waals surface area contributed by atoms with E-state index in [9.17, 15) is 18.0 Å². The van der Waals surface area contributed by atoms with Gasteiger partial charge in [-0.05, 0) is 51.0 Å². The summed E-state index contributed by atoms with van der Waals surface area (Å²) in [7, 11) is -3.31. The molecule has 10 heteroatoms. The molecule has 2 aromatic rings. The SMILES string of the molecule is Cc1cc(NC(=O)C(C)SCC(=O)Nc2ccc(S(=O)(=O)C3CCCC3)cc2)no1. The van der Waals surface area contributed by atoms with E-state index in [0.717, 1.165) is 12.8 Å². The zero-order valence-corrected chi connectivity index (χ0v) is 18.5. The minimum atomic E-state index is -3.31. The summed E-state index contributed by atoms with van der Waals surface area (Å²) in [5.74, 6) is 0.453. The lowest BCUT2D eigenvalue weighted by atomic mass is 10.3. The number of thioether (sulfide) groups is 1. The monoisotopic (exact) mass is 451 g/mol. The van der Waals surface area contributed by atoms with Crippen molar-refractivity contribution in [3.05, 3.63) is 36.1 Å². The number of amides is 2. The molecule has 1 heterocycles. The van der Waals surface area contributed by atoms with E-state index < -0.39 is 15.1 Å². The highest BCUT2D eigenvalue weighted by Gasteiger charge is 2.30. The van der Waals surface area contributed by atoms with E-state index in [1.807, 2.05) is 0 Å². The molecule has 1 aromatic heterocycles. The summed E-state index contributed by atoms with van der Waals surface area (Å²) in [6.45, 7) is 3.42. The minimum absolute atomic E-state index is 0.0779. The molecule has 3 rings (SSSR count). The average molecular weight is 452 g/mol. The van der Waals surface area contributed by atoms with Crippen LogP contribution in [-0.4, -0.2) is 41.6 Å². The minimum Gasteiger partial charge on any atom is -0.360 e. The Balaban J connectivity index is 1.48. The number of hydrogen-bond donors (Lipinski definition) is 2. The lowest BCUT2D eigenvalue weighted by Gasteiger charge is -2.12. The van der Waals surface area contributed by atoms with Gasteiger partial charge in [0.05, 0.1) is 21.1 Å². The van der Waals surface area contributed by atoms with Crippen LogP contribution in [0, 0.1) is 6.92 Å². The van der Waals surface area contributed by atoms with Crippen LogP contribution in [-0.2, 0) is 19.4 Å². The smallest absolute Gasteiger partial charge is 0.238 e. The second kappa shape index (κ2) is 9.65. The van der Waals surface area contributed by atoms with Crippen LogP contribution in [0.2, 0.25) is 0 Å². The van der Waals surface area contributed by atoms with Gasteiger partial charge in [0.1, 0.15) is 5.76 Å². The Morgan fingerprint density at radius 3 is 2.47 bits per heavy atom. The van der Waals surface area contributed by atoms with Crippen molar-refractivity contribution < 1.29 is 22.5 Å². The molecule has 0 radical (unpaired) electrons. The summed E-state index contributed by atoms with van der Waals surface area (Å²) in [6.07, 6.45) is 3.31. The van der Waals surface area contributed by atoms with Crippen LogP contribution in [0.15, 0.2) is 39.8 Å². The number of nitrogens with one attached hydrogen (secondary N) is 2. The summed E-state index contributed by atoms with van der Waals surface area (Å²) in [6, 6.07) is 7.86. The number of aromatic nitrogens is 1. The Hall–Kier alpha value is -2.33. The van der Waals surface area contributed by atoms with Gasteiger partial charge in [-0.2, -0.15) is 0 Å². The first-order chi connectivity index (χ1) is 14.3. The third-order valence-electron chi connectivity index (χ3n) is 4.92. The number of aryl methyl sites for hydroxylation is 1. The maximum Gasteiger partial charge on any atom is 0.238 e. The van der Waals surface area contributed by atoms with Crippen molar-refractivity contribution in [1.82, 2.24) is 5.16 Å². The molecule has 0 bridgehead atoms. The van der Waals surface area contributed by atoms with E-state index in [1.165, 1.54) is 23.9 Å². The summed E-state index contributed by atoms with van der Waals surface area (Å²) >= 11 is 1.18. The maximum absolute atomic E-state index is 12.6. The fraction of sp³-hybridized carbons (Fsp3) is 0.450. The lowest BCUT2D eigenvalue weighted by Crippen LogP contribution is -2.25. The van der Waals surface area contributed by atoms with Crippen molar-refractivity contribution in [2.24, 2.45) is 0 Å². The van der Waals surface area contributed by atoms with Crippen molar-refractivity contribution in [2.75, 3.05) is 16.4 Å². The molecule has 0 spiro atoms. The van der Waals surface area contributed by atoms with Gasteiger partial charge in [0.15, 0.2) is 15.7 Å². The molecule has 1 fully saturated rings. The standard InChI is InChI=1S/C20H25N3O5S2/c1-13-11-18(23-28-13)22-20(25)14(2)29-12-19(24)21-15-7-9-17(10-8-15)30(26,27)16-5-3-4-6-16/h7-11,14,16H,3-6,12H2,1-2H3,(H,21,24)(H,22,23,25). The van der Waals surface area contributed by atoms with Gasteiger partial charge in [-0.3, -0.25) is 9.59 Å². The first-order valence-corrected chi connectivity index (χ1v) is 12.3. The van der Waals surface area contributed by atoms with Crippen molar-refractivity contribution in [3.63, 3.8) is 0 Å². The fourth-order valence-electron chi connectivity index (χ4n) is 3.25. The first-order valence-electron chi connectivity index (χ1n) is 9.75. The molecule has 2 N–H and O–H groups in total. The molecule has 1 atom stereocenters. The zero-order chi connectivity index (χ0) is 21.7. The van der Waals surface area contributed by atoms with Gasteiger partial charge < -0.3 is 15.2 Å². The number of rotatable bonds is 8. The van der Waals surface area contributed by atoms with E-state index in [0.29, 0.717) is 30.1 Å². The Bertz CT molecular complexity index is 996. The van der Waals surface area contributed by atoms with E-state index in [-0.39, 0.29) is 27.7 Å². The number of nitrogens with zero attached hydrogens (tertiary/aromatic N) is 1. The van der Waals surface area contributed by atoms with E-state index >= 15 is 0 Å². The lowest BCUT2D eigenvalue weighted by molar-refractivity contribution is -0.115. The molecule has 1 aliphatic rings. The molecule has 1 aromatic carbocycles. The van der Waals surface area contributed by atoms with Crippen LogP contribution >= 0.6 is 11.8 Å². The zero-order valence-electron chi connectivity index (χ0n) is 16.9. The number of anilines is 2. The molecule has 0 saturated heterocycles. The molecule has 162 valence electrons. The van der Waals surface area contributed by atoms with Crippen molar-refractivity contribution in [3.8, 4) is 0 Å². The quantitative estimate of drug-likeness (QED) is 0.631. The van der Waals surface area contributed by atoms with Gasteiger partial charge >= 0.3 is 0 Å². The summed E-state index contributed by atoms with van der Waals surface area (Å²) in [5.41, 5.74) is 0.515. The highest BCUT2D eigenvalue weighted by Crippen LogP contribution is 2.30. The third-order valence-corrected chi connectivity index (χ3v) is 8.34. The van der Waals surface area contributed by atoms with Crippen molar-refractivity contribution in [1.29, 1.82) is 0 Å². The van der Waals surface area contributed by atoms with E-state index in [1.54, 1.807) is 32.0 Å². The molecule has 1 saturated carbocycles. The highest BCUT2D eigenvalue weighted by atomic mass is 32.2. The Morgan fingerprint density at radius 1 is 1.20 bits per heavy atom. The molecular formula is C20H25N3O5S2. The molecule has 1 aliphatic carbocycles. The van der Waals surface area contributed by atoms with Crippen molar-refractivity contribution >= 4 is 44.9 Å². The number of benzene rings is 1. The van der Waals surface area contributed by atoms with Crippen molar-refractivity contribution in [2.45, 2.75) is 54.9 Å². The largest absolute Gasteiger partial charge is 0.360 e. The average Bonchev–Trinajstić information content (AvgIpc) is 3.39. The third kappa shape index (κ3) is 5.63.